The normalized spacial score (nSPS) is 8.45. The van der Waals surface area contributed by atoms with Crippen LogP contribution in [0, 0.1) is 6.92 Å². The molecule has 1 aromatic rings. The fraction of sp³-hybridized carbons (Fsp3) is 0.250. The topological polar surface area (TPSA) is 37.8 Å². The largest absolute Gasteiger partial charge is 1.00 e. The van der Waals surface area contributed by atoms with E-state index in [4.69, 9.17) is 0 Å². The van der Waals surface area contributed by atoms with Gasteiger partial charge in [0.05, 0.1) is 0 Å². The summed E-state index contributed by atoms with van der Waals surface area (Å²) in [4.78, 5) is 0. The number of nitrogens with zero attached hydrogens (tertiary/aromatic N) is 2. The second kappa shape index (κ2) is 5.87. The molecule has 54 valence electrons. The summed E-state index contributed by atoms with van der Waals surface area (Å²) in [6.07, 6.45) is 0. The Bertz CT molecular complexity index is 248. The van der Waals surface area contributed by atoms with Gasteiger partial charge < -0.3 is 30.2 Å². The van der Waals surface area contributed by atoms with Gasteiger partial charge in [-0.3, -0.25) is 0 Å². The molecule has 0 saturated heterocycles. The van der Waals surface area contributed by atoms with Crippen molar-refractivity contribution >= 4 is 45.6 Å². The van der Waals surface area contributed by atoms with Crippen molar-refractivity contribution in [2.24, 2.45) is 0 Å². The molecule has 0 aromatic carbocycles. The van der Waals surface area contributed by atoms with Crippen LogP contribution in [0.3, 0.4) is 0 Å². The molecule has 0 spiro atoms. The molecule has 1 N–H and O–H groups in total. The van der Waals surface area contributed by atoms with Crippen LogP contribution in [-0.4, -0.2) is 14.5 Å². The van der Waals surface area contributed by atoms with E-state index in [1.807, 2.05) is 6.92 Å². The Labute approximate surface area is 122 Å². The van der Waals surface area contributed by atoms with Gasteiger partial charge in [-0.2, -0.15) is 0 Å². The Morgan fingerprint density at radius 2 is 2.27 bits per heavy atom. The number of aryl methyl sites for hydroxylation is 1. The molecule has 11 heavy (non-hydrogen) atoms. The van der Waals surface area contributed by atoms with E-state index in [-0.39, 0.29) is 51.4 Å². The van der Waals surface area contributed by atoms with Crippen molar-refractivity contribution in [2.45, 2.75) is 6.92 Å². The summed E-state index contributed by atoms with van der Waals surface area (Å²) in [5.41, 5.74) is 0. The van der Waals surface area contributed by atoms with Crippen molar-refractivity contribution in [3.8, 4) is 0 Å². The standard InChI is InChI=1S/C4H5N3S3.K/c1-2-6-7-3(10-2)5-4(8)9;/h1H3,(H2,5,7,8,9);/q;+1/p-1. The number of rotatable bonds is 1. The number of nitrogens with one attached hydrogen (secondary N) is 1. The number of thiocarbonyl (C=S) groups is 1. The van der Waals surface area contributed by atoms with E-state index in [1.165, 1.54) is 11.3 Å². The SMILES string of the molecule is Cc1nnc(NC(=S)[S-])s1.[K+]. The third kappa shape index (κ3) is 4.78. The summed E-state index contributed by atoms with van der Waals surface area (Å²) in [5.74, 6) is 0. The van der Waals surface area contributed by atoms with Crippen molar-refractivity contribution in [3.05, 3.63) is 5.01 Å². The van der Waals surface area contributed by atoms with Crippen LogP contribution in [0.1, 0.15) is 5.01 Å². The number of hydrogen-bond donors (Lipinski definition) is 1. The first-order valence-electron chi connectivity index (χ1n) is 2.46. The molecule has 0 aliphatic rings. The molecule has 0 bridgehead atoms. The molecular weight excluding hydrogens is 225 g/mol. The molecule has 1 heterocycles. The van der Waals surface area contributed by atoms with Crippen LogP contribution in [0.25, 0.3) is 0 Å². The van der Waals surface area contributed by atoms with Gasteiger partial charge in [0.25, 0.3) is 0 Å². The second-order valence-electron chi connectivity index (χ2n) is 1.54. The molecule has 0 fully saturated rings. The van der Waals surface area contributed by atoms with Gasteiger partial charge in [0.2, 0.25) is 5.13 Å². The number of aromatic nitrogens is 2. The van der Waals surface area contributed by atoms with E-state index in [2.05, 4.69) is 40.4 Å². The van der Waals surface area contributed by atoms with E-state index in [0.29, 0.717) is 9.45 Å². The van der Waals surface area contributed by atoms with E-state index >= 15 is 0 Å². The maximum atomic E-state index is 4.63. The van der Waals surface area contributed by atoms with E-state index in [9.17, 15) is 0 Å². The number of hydrogen-bond acceptors (Lipinski definition) is 5. The minimum absolute atomic E-state index is 0. The molecular formula is C4H4KN3S3. The minimum Gasteiger partial charge on any atom is -0.411 e. The summed E-state index contributed by atoms with van der Waals surface area (Å²) < 4.78 is 0.302. The fourth-order valence-electron chi connectivity index (χ4n) is 0.434. The Balaban J connectivity index is 0.000001000. The van der Waals surface area contributed by atoms with Crippen LogP contribution in [0.2, 0.25) is 0 Å². The van der Waals surface area contributed by atoms with Gasteiger partial charge in [-0.05, 0) is 6.92 Å². The molecule has 0 aliphatic carbocycles. The fourth-order valence-corrected chi connectivity index (χ4v) is 1.35. The van der Waals surface area contributed by atoms with E-state index < -0.39 is 0 Å². The van der Waals surface area contributed by atoms with Crippen molar-refractivity contribution < 1.29 is 51.4 Å². The zero-order valence-corrected chi connectivity index (χ0v) is 11.7. The van der Waals surface area contributed by atoms with Crippen LogP contribution in [0.4, 0.5) is 5.13 Å². The second-order valence-corrected chi connectivity index (χ2v) is 3.80. The Morgan fingerprint density at radius 3 is 2.64 bits per heavy atom. The van der Waals surface area contributed by atoms with Crippen molar-refractivity contribution in [1.29, 1.82) is 0 Å². The van der Waals surface area contributed by atoms with Crippen molar-refractivity contribution in [1.82, 2.24) is 10.2 Å². The van der Waals surface area contributed by atoms with Crippen LogP contribution >= 0.6 is 23.6 Å². The summed E-state index contributed by atoms with van der Waals surface area (Å²) in [6, 6.07) is 0. The average Bonchev–Trinajstić information content (AvgIpc) is 2.13. The summed E-state index contributed by atoms with van der Waals surface area (Å²) in [7, 11) is 0. The molecule has 0 saturated carbocycles. The van der Waals surface area contributed by atoms with Crippen LogP contribution in [0.5, 0.6) is 0 Å². The van der Waals surface area contributed by atoms with Crippen LogP contribution in [0.15, 0.2) is 0 Å². The average molecular weight is 229 g/mol. The minimum atomic E-state index is 0. The third-order valence-corrected chi connectivity index (χ3v) is 1.69. The summed E-state index contributed by atoms with van der Waals surface area (Å²) in [5, 5.41) is 11.8. The molecule has 0 aliphatic heterocycles. The molecule has 7 heteroatoms. The first kappa shape index (κ1) is 12.3. The third-order valence-electron chi connectivity index (χ3n) is 0.735. The molecule has 1 aromatic heterocycles. The Hall–Kier alpha value is 1.31. The van der Waals surface area contributed by atoms with Gasteiger partial charge in [0.15, 0.2) is 0 Å². The zero-order chi connectivity index (χ0) is 7.56. The predicted molar refractivity (Wildman–Crippen MR) is 48.2 cm³/mol. The maximum Gasteiger partial charge on any atom is 1.00 e. The van der Waals surface area contributed by atoms with Gasteiger partial charge in [-0.15, -0.1) is 10.2 Å². The molecule has 1 rings (SSSR count). The van der Waals surface area contributed by atoms with Gasteiger partial charge in [-0.25, -0.2) is 0 Å². The Kier molecular flexibility index (Phi) is 6.56. The van der Waals surface area contributed by atoms with Gasteiger partial charge in [0, 0.05) is 0 Å². The summed E-state index contributed by atoms with van der Waals surface area (Å²) in [6.45, 7) is 1.87. The maximum absolute atomic E-state index is 4.63. The van der Waals surface area contributed by atoms with E-state index in [0.717, 1.165) is 5.01 Å². The number of anilines is 1. The monoisotopic (exact) mass is 229 g/mol. The van der Waals surface area contributed by atoms with Crippen molar-refractivity contribution in [2.75, 3.05) is 5.32 Å². The van der Waals surface area contributed by atoms with Crippen molar-refractivity contribution in [3.63, 3.8) is 0 Å². The van der Waals surface area contributed by atoms with Crippen LogP contribution in [-0.2, 0) is 12.6 Å². The smallest absolute Gasteiger partial charge is 0.411 e. The molecule has 0 amide bonds. The predicted octanol–water partition coefficient (Wildman–Crippen LogP) is -1.91. The van der Waals surface area contributed by atoms with Gasteiger partial charge >= 0.3 is 51.4 Å². The van der Waals surface area contributed by atoms with E-state index in [1.54, 1.807) is 0 Å². The summed E-state index contributed by atoms with van der Waals surface area (Å²) >= 11 is 10.7. The van der Waals surface area contributed by atoms with Gasteiger partial charge in [-0.1, -0.05) is 15.7 Å². The first-order chi connectivity index (χ1) is 4.68. The van der Waals surface area contributed by atoms with Gasteiger partial charge in [0.1, 0.15) is 5.01 Å². The quantitative estimate of drug-likeness (QED) is 0.346. The molecule has 3 nitrogen and oxygen atoms in total. The first-order valence-corrected chi connectivity index (χ1v) is 4.10. The zero-order valence-electron chi connectivity index (χ0n) is 6.12. The Morgan fingerprint density at radius 1 is 1.64 bits per heavy atom. The molecule has 0 unspecified atom stereocenters. The molecule has 0 atom stereocenters. The van der Waals surface area contributed by atoms with Crippen LogP contribution < -0.4 is 56.7 Å². The molecule has 0 radical (unpaired) electrons.